The van der Waals surface area contributed by atoms with Crippen molar-refractivity contribution in [3.8, 4) is 11.5 Å². The van der Waals surface area contributed by atoms with E-state index in [2.05, 4.69) is 36.5 Å². The second kappa shape index (κ2) is 13.4. The van der Waals surface area contributed by atoms with E-state index in [4.69, 9.17) is 32.5 Å². The van der Waals surface area contributed by atoms with Gasteiger partial charge in [-0.1, -0.05) is 0 Å². The molecule has 0 spiro atoms. The summed E-state index contributed by atoms with van der Waals surface area (Å²) >= 11 is 5.65. The summed E-state index contributed by atoms with van der Waals surface area (Å²) < 4.78 is 15.4. The van der Waals surface area contributed by atoms with Crippen LogP contribution in [-0.2, 0) is 13.1 Å². The van der Waals surface area contributed by atoms with Gasteiger partial charge in [0.15, 0.2) is 11.5 Å². The molecule has 12 nitrogen and oxygen atoms in total. The number of alkyl halides is 1. The van der Waals surface area contributed by atoms with Crippen LogP contribution < -0.4 is 25.8 Å². The molecule has 5 aromatic rings. The van der Waals surface area contributed by atoms with Crippen LogP contribution >= 0.6 is 11.6 Å². The number of imidazole rings is 2. The Morgan fingerprint density at radius 3 is 1.87 bits per heavy atom. The summed E-state index contributed by atoms with van der Waals surface area (Å²) in [5.41, 5.74) is 16.2. The van der Waals surface area contributed by atoms with E-state index < -0.39 is 11.8 Å². The maximum atomic E-state index is 11.3. The number of primary amides is 2. The number of hydrogen-bond acceptors (Lipinski definition) is 8. The minimum absolute atomic E-state index is 0.428. The van der Waals surface area contributed by atoms with Crippen LogP contribution in [0.25, 0.3) is 22.1 Å². The molecule has 13 heteroatoms. The molecule has 3 aromatic carbocycles. The van der Waals surface area contributed by atoms with E-state index in [1.54, 1.807) is 30.6 Å². The van der Waals surface area contributed by atoms with Crippen LogP contribution in [0.5, 0.6) is 11.5 Å². The number of nitrogens with two attached hydrogens (primary N) is 2. The molecule has 0 bridgehead atoms. The molecule has 2 aliphatic heterocycles. The van der Waals surface area contributed by atoms with Gasteiger partial charge in [-0.3, -0.25) is 14.5 Å². The molecule has 1 fully saturated rings. The maximum Gasteiger partial charge on any atom is 0.248 e. The Labute approximate surface area is 265 Å². The lowest BCUT2D eigenvalue weighted by Crippen LogP contribution is -2.47. The number of amides is 2. The Morgan fingerprint density at radius 2 is 1.29 bits per heavy atom. The number of rotatable bonds is 8. The van der Waals surface area contributed by atoms with Gasteiger partial charge in [-0.05, 0) is 48.5 Å². The van der Waals surface area contributed by atoms with Crippen LogP contribution in [0.1, 0.15) is 20.7 Å². The molecule has 1 saturated heterocycles. The Morgan fingerprint density at radius 1 is 0.711 bits per heavy atom. The third kappa shape index (κ3) is 6.81. The first-order chi connectivity index (χ1) is 21.9. The number of carbonyl (C=O) groups is 2. The fourth-order valence-electron chi connectivity index (χ4n) is 5.59. The van der Waals surface area contributed by atoms with Gasteiger partial charge in [0.1, 0.15) is 13.2 Å². The van der Waals surface area contributed by atoms with Crippen LogP contribution in [0, 0.1) is 0 Å². The van der Waals surface area contributed by atoms with Gasteiger partial charge < -0.3 is 35.0 Å². The van der Waals surface area contributed by atoms with Crippen molar-refractivity contribution in [2.75, 3.05) is 56.7 Å². The molecule has 2 amide bonds. The first-order valence-electron chi connectivity index (χ1n) is 14.8. The molecular formula is C32H35ClN8O4. The molecular weight excluding hydrogens is 596 g/mol. The van der Waals surface area contributed by atoms with Gasteiger partial charge in [0.2, 0.25) is 11.8 Å². The van der Waals surface area contributed by atoms with Gasteiger partial charge in [0, 0.05) is 74.6 Å². The number of halogens is 1. The summed E-state index contributed by atoms with van der Waals surface area (Å²) in [6, 6.07) is 16.8. The van der Waals surface area contributed by atoms with Crippen LogP contribution in [0.15, 0.2) is 67.3 Å². The highest BCUT2D eigenvalue weighted by Crippen LogP contribution is 2.34. The van der Waals surface area contributed by atoms with Gasteiger partial charge in [0.05, 0.1) is 34.7 Å². The average molecular weight is 631 g/mol. The van der Waals surface area contributed by atoms with Crippen molar-refractivity contribution >= 4 is 51.2 Å². The first-order valence-corrected chi connectivity index (χ1v) is 15.4. The molecule has 0 atom stereocenters. The molecule has 7 rings (SSSR count). The summed E-state index contributed by atoms with van der Waals surface area (Å²) in [4.78, 5) is 35.8. The van der Waals surface area contributed by atoms with Gasteiger partial charge >= 0.3 is 0 Å². The van der Waals surface area contributed by atoms with Crippen molar-refractivity contribution in [3.05, 3.63) is 78.4 Å². The van der Waals surface area contributed by atoms with E-state index in [0.29, 0.717) is 36.8 Å². The maximum absolute atomic E-state index is 11.3. The van der Waals surface area contributed by atoms with Crippen molar-refractivity contribution in [1.82, 2.24) is 24.0 Å². The Balaban J connectivity index is 0.000000200. The highest BCUT2D eigenvalue weighted by Gasteiger charge is 2.20. The minimum Gasteiger partial charge on any atom is -0.486 e. The third-order valence-electron chi connectivity index (χ3n) is 8.06. The van der Waals surface area contributed by atoms with Crippen LogP contribution in [0.4, 0.5) is 5.69 Å². The van der Waals surface area contributed by atoms with Crippen molar-refractivity contribution in [2.24, 2.45) is 11.5 Å². The van der Waals surface area contributed by atoms with Crippen molar-refractivity contribution in [3.63, 3.8) is 0 Å². The quantitative estimate of drug-likeness (QED) is 0.249. The van der Waals surface area contributed by atoms with Gasteiger partial charge in [-0.2, -0.15) is 0 Å². The topological polar surface area (TPSA) is 147 Å². The number of piperazine rings is 1. The molecule has 0 saturated carbocycles. The lowest BCUT2D eigenvalue weighted by molar-refractivity contribution is 0.0992. The van der Waals surface area contributed by atoms with Crippen LogP contribution in [0.2, 0.25) is 0 Å². The molecule has 2 aliphatic rings. The van der Waals surface area contributed by atoms with E-state index in [9.17, 15) is 9.59 Å². The highest BCUT2D eigenvalue weighted by molar-refractivity contribution is 6.17. The van der Waals surface area contributed by atoms with Crippen molar-refractivity contribution < 1.29 is 19.1 Å². The molecule has 4 N–H and O–H groups in total. The molecule has 2 aromatic heterocycles. The number of fused-ring (bicyclic) bond motifs is 3. The second-order valence-electron chi connectivity index (χ2n) is 10.9. The smallest absolute Gasteiger partial charge is 0.248 e. The van der Waals surface area contributed by atoms with Gasteiger partial charge in [-0.15, -0.1) is 11.6 Å². The zero-order chi connectivity index (χ0) is 31.3. The number of carbonyl (C=O) groups excluding carboxylic acids is 2. The lowest BCUT2D eigenvalue weighted by Gasteiger charge is -2.36. The SMILES string of the molecule is NC(=O)c1ccc2c(c1)ncn2CCCl.NC(=O)c1ccc2c(c1)ncn2CCN1CCN(c2ccc3c(c2)OCCO3)CC1. The van der Waals surface area contributed by atoms with Crippen LogP contribution in [-0.4, -0.2) is 87.6 Å². The Kier molecular flexibility index (Phi) is 9.03. The number of aromatic nitrogens is 4. The van der Waals surface area contributed by atoms with Gasteiger partial charge in [0.25, 0.3) is 0 Å². The molecule has 0 radical (unpaired) electrons. The predicted octanol–water partition coefficient (Wildman–Crippen LogP) is 3.10. The Hall–Kier alpha value is -4.81. The molecule has 45 heavy (non-hydrogen) atoms. The van der Waals surface area contributed by atoms with E-state index in [-0.39, 0.29) is 0 Å². The van der Waals surface area contributed by atoms with Gasteiger partial charge in [-0.25, -0.2) is 9.97 Å². The second-order valence-corrected chi connectivity index (χ2v) is 11.2. The monoisotopic (exact) mass is 630 g/mol. The normalized spacial score (nSPS) is 14.7. The number of benzene rings is 3. The summed E-state index contributed by atoms with van der Waals surface area (Å²) in [6.07, 6.45) is 3.54. The van der Waals surface area contributed by atoms with E-state index in [0.717, 1.165) is 72.8 Å². The van der Waals surface area contributed by atoms with E-state index in [1.807, 2.05) is 29.1 Å². The number of ether oxygens (including phenoxy) is 2. The zero-order valence-electron chi connectivity index (χ0n) is 24.8. The van der Waals surface area contributed by atoms with E-state index >= 15 is 0 Å². The Bertz CT molecular complexity index is 1830. The van der Waals surface area contributed by atoms with Crippen LogP contribution in [0.3, 0.4) is 0 Å². The minimum atomic E-state index is -0.441. The fourth-order valence-corrected chi connectivity index (χ4v) is 5.77. The highest BCUT2D eigenvalue weighted by atomic mass is 35.5. The molecule has 0 aliphatic carbocycles. The molecule has 4 heterocycles. The summed E-state index contributed by atoms with van der Waals surface area (Å²) in [5, 5.41) is 0. The van der Waals surface area contributed by atoms with Crippen molar-refractivity contribution in [1.29, 1.82) is 0 Å². The number of hydrogen-bond donors (Lipinski definition) is 2. The fraction of sp³-hybridized carbons (Fsp3) is 0.312. The summed E-state index contributed by atoms with van der Waals surface area (Å²) in [5.74, 6) is 1.33. The summed E-state index contributed by atoms with van der Waals surface area (Å²) in [6.45, 7) is 7.71. The molecule has 0 unspecified atom stereocenters. The number of aryl methyl sites for hydroxylation is 1. The number of anilines is 1. The predicted molar refractivity (Wildman–Crippen MR) is 173 cm³/mol. The lowest BCUT2D eigenvalue weighted by atomic mass is 10.2. The standard InChI is InChI=1S/C22H25N5O3.C10H10ClN3O/c23-22(28)16-1-3-19-18(13-16)24-15-27(19)10-7-25-5-8-26(9-6-25)17-2-4-20-21(14-17)30-12-11-29-20;11-3-4-14-6-13-8-5-7(10(12)15)1-2-9(8)14/h1-4,13-15H,5-12H2,(H2,23,28);1-2,5-6H,3-4H2,(H2,12,15). The third-order valence-corrected chi connectivity index (χ3v) is 8.23. The number of nitrogens with zero attached hydrogens (tertiary/aromatic N) is 6. The molecule has 234 valence electrons. The van der Waals surface area contributed by atoms with E-state index in [1.165, 1.54) is 5.69 Å². The zero-order valence-corrected chi connectivity index (χ0v) is 25.5. The average Bonchev–Trinajstić information content (AvgIpc) is 3.67. The van der Waals surface area contributed by atoms with Crippen molar-refractivity contribution in [2.45, 2.75) is 13.1 Å². The largest absolute Gasteiger partial charge is 0.486 e. The first kappa shape index (κ1) is 30.2. The summed E-state index contributed by atoms with van der Waals surface area (Å²) in [7, 11) is 0.